The molecule has 2 aromatic rings. The van der Waals surface area contributed by atoms with Crippen LogP contribution in [0.25, 0.3) is 0 Å². The first kappa shape index (κ1) is 10.9. The lowest BCUT2D eigenvalue weighted by atomic mass is 10.2. The Morgan fingerprint density at radius 2 is 2.39 bits per heavy atom. The molecule has 3 rings (SSSR count). The van der Waals surface area contributed by atoms with Crippen molar-refractivity contribution in [2.45, 2.75) is 0 Å². The third-order valence-electron chi connectivity index (χ3n) is 2.57. The van der Waals surface area contributed by atoms with Crippen molar-refractivity contribution in [3.8, 4) is 5.75 Å². The molecule has 1 amide bonds. The first-order chi connectivity index (χ1) is 8.79. The van der Waals surface area contributed by atoms with E-state index in [4.69, 9.17) is 4.74 Å². The number of carbonyl (C=O) groups is 1. The Kier molecular flexibility index (Phi) is 2.56. The fourth-order valence-corrected chi connectivity index (χ4v) is 2.23. The van der Waals surface area contributed by atoms with Gasteiger partial charge in [0.1, 0.15) is 5.75 Å². The zero-order chi connectivity index (χ0) is 12.5. The molecule has 8 heteroatoms. The van der Waals surface area contributed by atoms with Crippen molar-refractivity contribution >= 4 is 33.9 Å². The van der Waals surface area contributed by atoms with Gasteiger partial charge in [-0.3, -0.25) is 4.79 Å². The van der Waals surface area contributed by atoms with Gasteiger partial charge >= 0.3 is 0 Å². The second kappa shape index (κ2) is 4.22. The van der Waals surface area contributed by atoms with Gasteiger partial charge in [-0.2, -0.15) is 0 Å². The van der Waals surface area contributed by atoms with Crippen LogP contribution in [0.1, 0.15) is 0 Å². The average molecular weight is 263 g/mol. The Balaban J connectivity index is 2.13. The second-order valence-corrected chi connectivity index (χ2v) is 4.31. The van der Waals surface area contributed by atoms with Crippen molar-refractivity contribution in [3.05, 3.63) is 18.2 Å². The van der Waals surface area contributed by atoms with E-state index in [1.54, 1.807) is 0 Å². The van der Waals surface area contributed by atoms with Gasteiger partial charge < -0.3 is 10.1 Å². The summed E-state index contributed by atoms with van der Waals surface area (Å²) in [6.45, 7) is -0.00845. The molecule has 7 nitrogen and oxygen atoms in total. The maximum Gasteiger partial charge on any atom is 0.271 e. The first-order valence-corrected chi connectivity index (χ1v) is 5.99. The van der Waals surface area contributed by atoms with Crippen molar-refractivity contribution in [1.29, 1.82) is 0 Å². The van der Waals surface area contributed by atoms with E-state index in [1.807, 2.05) is 25.2 Å². The maximum absolute atomic E-state index is 11.9. The van der Waals surface area contributed by atoms with E-state index in [2.05, 4.69) is 20.1 Å². The maximum atomic E-state index is 11.9. The van der Waals surface area contributed by atoms with E-state index in [-0.39, 0.29) is 12.5 Å². The number of nitrogens with one attached hydrogen (secondary N) is 1. The van der Waals surface area contributed by atoms with Gasteiger partial charge in [0.2, 0.25) is 5.13 Å². The van der Waals surface area contributed by atoms with Gasteiger partial charge in [-0.1, -0.05) is 9.59 Å². The number of fused-ring (bicyclic) bond motifs is 1. The van der Waals surface area contributed by atoms with Crippen molar-refractivity contribution < 1.29 is 9.53 Å². The summed E-state index contributed by atoms with van der Waals surface area (Å²) in [5.41, 5.74) is 1.53. The third-order valence-corrected chi connectivity index (χ3v) is 3.15. The van der Waals surface area contributed by atoms with E-state index in [0.717, 1.165) is 17.2 Å². The van der Waals surface area contributed by atoms with Crippen molar-refractivity contribution in [2.24, 2.45) is 0 Å². The van der Waals surface area contributed by atoms with E-state index >= 15 is 0 Å². The normalized spacial score (nSPS) is 14.1. The molecule has 0 unspecified atom stereocenters. The van der Waals surface area contributed by atoms with Gasteiger partial charge in [0.05, 0.1) is 5.69 Å². The number of benzene rings is 1. The highest BCUT2D eigenvalue weighted by Crippen LogP contribution is 2.38. The zero-order valence-electron chi connectivity index (χ0n) is 9.45. The smallest absolute Gasteiger partial charge is 0.271 e. The molecule has 2 heterocycles. The van der Waals surface area contributed by atoms with Gasteiger partial charge in [0.15, 0.2) is 6.61 Å². The van der Waals surface area contributed by atoms with Gasteiger partial charge in [-0.15, -0.1) is 0 Å². The number of aromatic nitrogens is 3. The summed E-state index contributed by atoms with van der Waals surface area (Å²) in [4.78, 5) is 13.4. The zero-order valence-corrected chi connectivity index (χ0v) is 10.3. The van der Waals surface area contributed by atoms with E-state index in [1.165, 1.54) is 4.90 Å². The van der Waals surface area contributed by atoms with Crippen LogP contribution in [0.5, 0.6) is 5.75 Å². The molecule has 0 saturated heterocycles. The summed E-state index contributed by atoms with van der Waals surface area (Å²) in [6.07, 6.45) is 0. The molecule has 1 aromatic heterocycles. The molecule has 0 aliphatic carbocycles. The number of hydrogen-bond donors (Lipinski definition) is 1. The number of nitrogens with zero attached hydrogens (tertiary/aromatic N) is 4. The SMILES string of the molecule is CNc1ccc2c(c1)N(c1nnns1)C(=O)CO2. The number of amides is 1. The van der Waals surface area contributed by atoms with E-state index in [0.29, 0.717) is 16.6 Å². The van der Waals surface area contributed by atoms with Crippen LogP contribution < -0.4 is 15.0 Å². The highest BCUT2D eigenvalue weighted by atomic mass is 32.1. The minimum absolute atomic E-state index is 0.00845. The molecule has 1 N–H and O–H groups in total. The Bertz CT molecular complexity index is 586. The van der Waals surface area contributed by atoms with Gasteiger partial charge in [0.25, 0.3) is 5.91 Å². The quantitative estimate of drug-likeness (QED) is 0.871. The lowest BCUT2D eigenvalue weighted by Gasteiger charge is -2.27. The Labute approximate surface area is 107 Å². The molecule has 0 spiro atoms. The second-order valence-electron chi connectivity index (χ2n) is 3.60. The average Bonchev–Trinajstić information content (AvgIpc) is 2.91. The number of anilines is 3. The van der Waals surface area contributed by atoms with Gasteiger partial charge in [-0.25, -0.2) is 4.90 Å². The lowest BCUT2D eigenvalue weighted by Crippen LogP contribution is -2.35. The fourth-order valence-electron chi connectivity index (χ4n) is 1.73. The summed E-state index contributed by atoms with van der Waals surface area (Å²) in [5.74, 6) is 0.457. The van der Waals surface area contributed by atoms with Crippen LogP contribution >= 0.6 is 11.5 Å². The molecule has 0 saturated carbocycles. The number of hydrogen-bond acceptors (Lipinski definition) is 7. The summed E-state index contributed by atoms with van der Waals surface area (Å²) >= 11 is 1.07. The van der Waals surface area contributed by atoms with Crippen LogP contribution in [0.2, 0.25) is 0 Å². The van der Waals surface area contributed by atoms with Gasteiger partial charge in [-0.05, 0) is 23.4 Å². The topological polar surface area (TPSA) is 80.2 Å². The molecular weight excluding hydrogens is 254 g/mol. The predicted molar refractivity (Wildman–Crippen MR) is 66.3 cm³/mol. The molecular formula is C10H9N5O2S. The van der Waals surface area contributed by atoms with Crippen molar-refractivity contribution in [3.63, 3.8) is 0 Å². The number of ether oxygens (including phenoxy) is 1. The molecule has 92 valence electrons. The third kappa shape index (κ3) is 1.66. The summed E-state index contributed by atoms with van der Waals surface area (Å²) in [7, 11) is 1.81. The van der Waals surface area contributed by atoms with E-state index in [9.17, 15) is 4.79 Å². The largest absolute Gasteiger partial charge is 0.482 e. The van der Waals surface area contributed by atoms with E-state index < -0.39 is 0 Å². The molecule has 0 atom stereocenters. The Morgan fingerprint density at radius 1 is 1.50 bits per heavy atom. The standard InChI is InChI=1S/C10H9N5O2S/c1-11-6-2-3-8-7(4-6)15(9(16)5-17-8)10-12-13-14-18-10/h2-4,11H,5H2,1H3. The minimum Gasteiger partial charge on any atom is -0.482 e. The predicted octanol–water partition coefficient (Wildman–Crippen LogP) is 1.03. The minimum atomic E-state index is -0.186. The molecule has 18 heavy (non-hydrogen) atoms. The monoisotopic (exact) mass is 263 g/mol. The Morgan fingerprint density at radius 3 is 3.11 bits per heavy atom. The van der Waals surface area contributed by atoms with Crippen LogP contribution in [-0.2, 0) is 4.79 Å². The highest BCUT2D eigenvalue weighted by molar-refractivity contribution is 7.09. The summed E-state index contributed by atoms with van der Waals surface area (Å²) < 4.78 is 9.06. The van der Waals surface area contributed by atoms with Crippen LogP contribution in [0.3, 0.4) is 0 Å². The number of rotatable bonds is 2. The highest BCUT2D eigenvalue weighted by Gasteiger charge is 2.29. The fraction of sp³-hybridized carbons (Fsp3) is 0.200. The molecule has 1 aromatic carbocycles. The molecule has 0 bridgehead atoms. The Hall–Kier alpha value is -2.22. The van der Waals surface area contributed by atoms with Crippen LogP contribution in [-0.4, -0.2) is 34.4 Å². The van der Waals surface area contributed by atoms with Crippen LogP contribution in [0.4, 0.5) is 16.5 Å². The van der Waals surface area contributed by atoms with Crippen molar-refractivity contribution in [2.75, 3.05) is 23.9 Å². The van der Waals surface area contributed by atoms with Gasteiger partial charge in [0, 0.05) is 24.3 Å². The molecule has 1 aliphatic heterocycles. The summed E-state index contributed by atoms with van der Waals surface area (Å²) in [5, 5.41) is 10.8. The molecule has 1 aliphatic rings. The molecule has 0 radical (unpaired) electrons. The first-order valence-electron chi connectivity index (χ1n) is 5.22. The van der Waals surface area contributed by atoms with Crippen LogP contribution in [0, 0.1) is 0 Å². The summed E-state index contributed by atoms with van der Waals surface area (Å²) in [6, 6.07) is 5.52. The van der Waals surface area contributed by atoms with Crippen molar-refractivity contribution in [1.82, 2.24) is 14.8 Å². The molecule has 0 fully saturated rings. The lowest BCUT2D eigenvalue weighted by molar-refractivity contribution is -0.120. The number of carbonyl (C=O) groups excluding carboxylic acids is 1. The van der Waals surface area contributed by atoms with Crippen LogP contribution in [0.15, 0.2) is 18.2 Å².